The van der Waals surface area contributed by atoms with E-state index in [4.69, 9.17) is 5.73 Å². The van der Waals surface area contributed by atoms with Crippen LogP contribution < -0.4 is 11.1 Å². The van der Waals surface area contributed by atoms with E-state index in [2.05, 4.69) is 15.3 Å². The summed E-state index contributed by atoms with van der Waals surface area (Å²) in [4.78, 5) is 21.9. The lowest BCUT2D eigenvalue weighted by atomic mass is 9.89. The Morgan fingerprint density at radius 2 is 2.31 bits per heavy atom. The molecule has 26 heavy (non-hydrogen) atoms. The number of amidine groups is 1. The molecule has 0 aliphatic carbocycles. The number of hydrogen-bond donors (Lipinski definition) is 2. The third-order valence-electron chi connectivity index (χ3n) is 4.33. The third-order valence-corrected chi connectivity index (χ3v) is 5.89. The zero-order chi connectivity index (χ0) is 18.3. The lowest BCUT2D eigenvalue weighted by molar-refractivity contribution is 0.102. The maximum absolute atomic E-state index is 14.4. The number of aromatic nitrogens is 2. The van der Waals surface area contributed by atoms with Crippen LogP contribution in [0.15, 0.2) is 41.0 Å². The van der Waals surface area contributed by atoms with Gasteiger partial charge in [-0.2, -0.15) is 0 Å². The first-order valence-electron chi connectivity index (χ1n) is 7.96. The first-order chi connectivity index (χ1) is 12.4. The number of nitrogens with one attached hydrogen (secondary N) is 1. The van der Waals surface area contributed by atoms with Gasteiger partial charge in [0.25, 0.3) is 5.91 Å². The van der Waals surface area contributed by atoms with Crippen molar-refractivity contribution >= 4 is 44.8 Å². The Hall–Kier alpha value is -2.39. The first kappa shape index (κ1) is 17.0. The van der Waals surface area contributed by atoms with Crippen LogP contribution in [0.3, 0.4) is 0 Å². The minimum absolute atomic E-state index is 0.310. The van der Waals surface area contributed by atoms with Gasteiger partial charge >= 0.3 is 0 Å². The number of anilines is 1. The molecule has 0 fully saturated rings. The SMILES string of the molecule is CC1(c2cc(NC(=O)c3cn4ccsc4n3)ccc2F)CCSC(N)=N1. The number of amides is 1. The quantitative estimate of drug-likeness (QED) is 0.718. The fourth-order valence-electron chi connectivity index (χ4n) is 2.93. The van der Waals surface area contributed by atoms with E-state index in [1.165, 1.54) is 35.2 Å². The van der Waals surface area contributed by atoms with E-state index in [1.807, 2.05) is 18.5 Å². The summed E-state index contributed by atoms with van der Waals surface area (Å²) < 4.78 is 16.2. The van der Waals surface area contributed by atoms with Gasteiger partial charge < -0.3 is 11.1 Å². The predicted octanol–water partition coefficient (Wildman–Crippen LogP) is 3.45. The van der Waals surface area contributed by atoms with Crippen molar-refractivity contribution in [3.63, 3.8) is 0 Å². The molecular formula is C17H16FN5OS2. The summed E-state index contributed by atoms with van der Waals surface area (Å²) in [5.74, 6) is 0.0649. The Balaban J connectivity index is 1.62. The normalized spacial score (nSPS) is 20.2. The molecule has 3 heterocycles. The second-order valence-corrected chi connectivity index (χ2v) is 8.18. The summed E-state index contributed by atoms with van der Waals surface area (Å²) in [6, 6.07) is 4.50. The minimum Gasteiger partial charge on any atom is -0.379 e. The molecule has 1 atom stereocenters. The molecule has 9 heteroatoms. The predicted molar refractivity (Wildman–Crippen MR) is 103 cm³/mol. The highest BCUT2D eigenvalue weighted by Gasteiger charge is 2.32. The second-order valence-electron chi connectivity index (χ2n) is 6.19. The number of benzene rings is 1. The van der Waals surface area contributed by atoms with E-state index in [9.17, 15) is 9.18 Å². The Labute approximate surface area is 157 Å². The molecule has 0 radical (unpaired) electrons. The average Bonchev–Trinajstić information content (AvgIpc) is 3.18. The summed E-state index contributed by atoms with van der Waals surface area (Å²) in [6.07, 6.45) is 4.17. The summed E-state index contributed by atoms with van der Waals surface area (Å²) in [7, 11) is 0. The van der Waals surface area contributed by atoms with Crippen molar-refractivity contribution in [3.8, 4) is 0 Å². The van der Waals surface area contributed by atoms with Gasteiger partial charge in [0.2, 0.25) is 0 Å². The number of halogens is 1. The third kappa shape index (κ3) is 3.08. The molecule has 1 aliphatic rings. The summed E-state index contributed by atoms with van der Waals surface area (Å²) in [5, 5.41) is 5.13. The van der Waals surface area contributed by atoms with Crippen LogP contribution in [0.25, 0.3) is 4.96 Å². The van der Waals surface area contributed by atoms with Crippen molar-refractivity contribution in [1.29, 1.82) is 0 Å². The highest BCUT2D eigenvalue weighted by atomic mass is 32.2. The van der Waals surface area contributed by atoms with Crippen molar-refractivity contribution in [2.75, 3.05) is 11.1 Å². The maximum Gasteiger partial charge on any atom is 0.275 e. The van der Waals surface area contributed by atoms with Gasteiger partial charge in [0.05, 0.1) is 5.54 Å². The highest BCUT2D eigenvalue weighted by Crippen LogP contribution is 2.37. The molecular weight excluding hydrogens is 373 g/mol. The van der Waals surface area contributed by atoms with E-state index >= 15 is 0 Å². The van der Waals surface area contributed by atoms with Crippen molar-refractivity contribution in [3.05, 3.63) is 53.0 Å². The molecule has 0 bridgehead atoms. The van der Waals surface area contributed by atoms with Gasteiger partial charge in [-0.15, -0.1) is 11.3 Å². The number of fused-ring (bicyclic) bond motifs is 1. The number of carbonyl (C=O) groups is 1. The van der Waals surface area contributed by atoms with E-state index in [0.717, 1.165) is 10.7 Å². The van der Waals surface area contributed by atoms with Crippen LogP contribution in [0.4, 0.5) is 10.1 Å². The smallest absolute Gasteiger partial charge is 0.275 e. The largest absolute Gasteiger partial charge is 0.379 e. The van der Waals surface area contributed by atoms with Crippen LogP contribution in [0, 0.1) is 5.82 Å². The molecule has 3 aromatic rings. The molecule has 3 N–H and O–H groups in total. The van der Waals surface area contributed by atoms with Gasteiger partial charge in [0.15, 0.2) is 10.1 Å². The molecule has 1 aliphatic heterocycles. The van der Waals surface area contributed by atoms with Crippen LogP contribution in [0.1, 0.15) is 29.4 Å². The van der Waals surface area contributed by atoms with E-state index in [1.54, 1.807) is 16.7 Å². The zero-order valence-corrected chi connectivity index (χ0v) is 15.5. The summed E-state index contributed by atoms with van der Waals surface area (Å²) in [6.45, 7) is 1.85. The fraction of sp³-hybridized carbons (Fsp3) is 0.235. The van der Waals surface area contributed by atoms with E-state index in [-0.39, 0.29) is 11.7 Å². The standard InChI is InChI=1S/C17H16FN5OS2/c1-17(4-6-25-15(19)22-17)11-8-10(2-3-12(11)18)20-14(24)13-9-23-5-7-26-16(23)21-13/h2-3,5,7-9H,4,6H2,1H3,(H2,19,22)(H,20,24). The van der Waals surface area contributed by atoms with E-state index < -0.39 is 5.54 Å². The number of aliphatic imine (C=N–C) groups is 1. The van der Waals surface area contributed by atoms with Crippen LogP contribution >= 0.6 is 23.1 Å². The number of thioether (sulfide) groups is 1. The molecule has 0 saturated heterocycles. The monoisotopic (exact) mass is 389 g/mol. The molecule has 4 rings (SSSR count). The molecule has 134 valence electrons. The second kappa shape index (κ2) is 6.40. The number of nitrogens with two attached hydrogens (primary N) is 1. The number of carbonyl (C=O) groups excluding carboxylic acids is 1. The number of imidazole rings is 1. The first-order valence-corrected chi connectivity index (χ1v) is 9.83. The number of thiazole rings is 1. The molecule has 1 amide bonds. The Morgan fingerprint density at radius 1 is 1.46 bits per heavy atom. The highest BCUT2D eigenvalue weighted by molar-refractivity contribution is 8.13. The van der Waals surface area contributed by atoms with Gasteiger partial charge in [-0.25, -0.2) is 9.37 Å². The fourth-order valence-corrected chi connectivity index (χ4v) is 4.60. The van der Waals surface area contributed by atoms with Crippen LogP contribution in [-0.4, -0.2) is 26.2 Å². The van der Waals surface area contributed by atoms with Gasteiger partial charge in [0, 0.05) is 34.8 Å². The number of hydrogen-bond acceptors (Lipinski definition) is 6. The molecule has 0 spiro atoms. The van der Waals surface area contributed by atoms with Crippen molar-refractivity contribution in [2.24, 2.45) is 10.7 Å². The van der Waals surface area contributed by atoms with Crippen molar-refractivity contribution < 1.29 is 9.18 Å². The number of nitrogens with zero attached hydrogens (tertiary/aromatic N) is 3. The maximum atomic E-state index is 14.4. The van der Waals surface area contributed by atoms with Gasteiger partial charge in [-0.1, -0.05) is 11.8 Å². The van der Waals surface area contributed by atoms with Gasteiger partial charge in [-0.3, -0.25) is 14.2 Å². The lowest BCUT2D eigenvalue weighted by Crippen LogP contribution is -2.29. The lowest BCUT2D eigenvalue weighted by Gasteiger charge is -2.30. The van der Waals surface area contributed by atoms with Crippen LogP contribution in [0.5, 0.6) is 0 Å². The molecule has 0 saturated carbocycles. The van der Waals surface area contributed by atoms with Crippen LogP contribution in [0.2, 0.25) is 0 Å². The molecule has 6 nitrogen and oxygen atoms in total. The average molecular weight is 389 g/mol. The van der Waals surface area contributed by atoms with Gasteiger partial charge in [0.1, 0.15) is 11.5 Å². The summed E-state index contributed by atoms with van der Waals surface area (Å²) >= 11 is 2.91. The molecule has 1 unspecified atom stereocenters. The Morgan fingerprint density at radius 3 is 3.08 bits per heavy atom. The van der Waals surface area contributed by atoms with Crippen molar-refractivity contribution in [1.82, 2.24) is 9.38 Å². The van der Waals surface area contributed by atoms with E-state index in [0.29, 0.717) is 28.5 Å². The van der Waals surface area contributed by atoms with Crippen LogP contribution in [-0.2, 0) is 5.54 Å². The molecule has 2 aromatic heterocycles. The Kier molecular flexibility index (Phi) is 4.20. The zero-order valence-electron chi connectivity index (χ0n) is 13.9. The summed E-state index contributed by atoms with van der Waals surface area (Å²) in [5.41, 5.74) is 6.32. The topological polar surface area (TPSA) is 84.8 Å². The minimum atomic E-state index is -0.739. The molecule has 1 aromatic carbocycles. The van der Waals surface area contributed by atoms with Gasteiger partial charge in [-0.05, 0) is 31.5 Å². The Bertz CT molecular complexity index is 999. The number of rotatable bonds is 3. The van der Waals surface area contributed by atoms with Crippen molar-refractivity contribution in [2.45, 2.75) is 18.9 Å².